The van der Waals surface area contributed by atoms with Crippen LogP contribution in [0.25, 0.3) is 11.3 Å². The van der Waals surface area contributed by atoms with Crippen molar-refractivity contribution in [1.29, 1.82) is 5.26 Å². The summed E-state index contributed by atoms with van der Waals surface area (Å²) in [5.41, 5.74) is 6.35. The molecule has 0 aliphatic rings. The number of nitrogens with two attached hydrogens (primary N) is 1. The van der Waals surface area contributed by atoms with Gasteiger partial charge < -0.3 is 19.7 Å². The number of aromatic nitrogens is 1. The number of rotatable bonds is 7. The van der Waals surface area contributed by atoms with E-state index in [0.717, 1.165) is 11.3 Å². The lowest BCUT2D eigenvalue weighted by Gasteiger charge is -2.04. The van der Waals surface area contributed by atoms with Gasteiger partial charge in [-0.25, -0.2) is 4.79 Å². The van der Waals surface area contributed by atoms with Gasteiger partial charge in [0, 0.05) is 18.1 Å². The quantitative estimate of drug-likeness (QED) is 0.787. The molecule has 0 fully saturated rings. The molecule has 114 valence electrons. The maximum atomic E-state index is 10.5. The number of hydrogen-bond donors (Lipinski definition) is 1. The van der Waals surface area contributed by atoms with E-state index in [1.165, 1.54) is 0 Å². The summed E-state index contributed by atoms with van der Waals surface area (Å²) in [6.07, 6.45) is 0.314. The van der Waals surface area contributed by atoms with Crippen LogP contribution in [0, 0.1) is 11.3 Å². The van der Waals surface area contributed by atoms with Gasteiger partial charge in [0.1, 0.15) is 11.4 Å². The minimum Gasteiger partial charge on any atom is -0.494 e. The van der Waals surface area contributed by atoms with Gasteiger partial charge >= 0.3 is 6.09 Å². The first kappa shape index (κ1) is 15.4. The van der Waals surface area contributed by atoms with Crippen LogP contribution < -0.4 is 10.5 Å². The lowest BCUT2D eigenvalue weighted by atomic mass is 10.1. The zero-order valence-electron chi connectivity index (χ0n) is 11.8. The van der Waals surface area contributed by atoms with E-state index in [2.05, 4.69) is 16.0 Å². The van der Waals surface area contributed by atoms with Crippen LogP contribution in [0.1, 0.15) is 18.6 Å². The Morgan fingerprint density at radius 2 is 2.14 bits per heavy atom. The largest absolute Gasteiger partial charge is 0.494 e. The third-order valence-corrected chi connectivity index (χ3v) is 2.77. The molecule has 2 aromatic rings. The topological polar surface area (TPSA) is 111 Å². The Hall–Kier alpha value is -3.01. The number of amides is 1. The number of carbonyl (C=O) groups excluding carboxylic acids is 1. The number of ether oxygens (including phenoxy) is 2. The summed E-state index contributed by atoms with van der Waals surface area (Å²) in [5, 5.41) is 12.3. The maximum Gasteiger partial charge on any atom is 0.404 e. The predicted octanol–water partition coefficient (Wildman–Crippen LogP) is 2.62. The van der Waals surface area contributed by atoms with Crippen molar-refractivity contribution in [1.82, 2.24) is 5.16 Å². The van der Waals surface area contributed by atoms with Crippen LogP contribution in [-0.4, -0.2) is 17.9 Å². The van der Waals surface area contributed by atoms with E-state index in [0.29, 0.717) is 30.9 Å². The molecular formula is C15H15N3O4. The number of nitriles is 1. The molecule has 0 aliphatic heterocycles. The van der Waals surface area contributed by atoms with Gasteiger partial charge in [-0.2, -0.15) is 5.26 Å². The van der Waals surface area contributed by atoms with E-state index in [4.69, 9.17) is 20.3 Å². The molecule has 0 unspecified atom stereocenters. The van der Waals surface area contributed by atoms with Crippen molar-refractivity contribution in [3.05, 3.63) is 36.1 Å². The predicted molar refractivity (Wildman–Crippen MR) is 76.7 cm³/mol. The molecule has 1 aromatic heterocycles. The van der Waals surface area contributed by atoms with E-state index in [-0.39, 0.29) is 6.61 Å². The highest BCUT2D eigenvalue weighted by Crippen LogP contribution is 2.22. The second kappa shape index (κ2) is 7.69. The van der Waals surface area contributed by atoms with Gasteiger partial charge in [-0.3, -0.25) is 0 Å². The van der Waals surface area contributed by atoms with Crippen molar-refractivity contribution in [2.24, 2.45) is 5.73 Å². The van der Waals surface area contributed by atoms with Crippen LogP contribution in [0.3, 0.4) is 0 Å². The Kier molecular flexibility index (Phi) is 5.37. The normalized spacial score (nSPS) is 9.95. The first-order chi connectivity index (χ1) is 10.7. The summed E-state index contributed by atoms with van der Waals surface area (Å²) in [6.45, 7) is 0.452. The fourth-order valence-electron chi connectivity index (χ4n) is 1.72. The van der Waals surface area contributed by atoms with Crippen LogP contribution in [0.4, 0.5) is 4.79 Å². The third kappa shape index (κ3) is 4.52. The van der Waals surface area contributed by atoms with Crippen LogP contribution in [0.5, 0.6) is 5.75 Å². The fraction of sp³-hybridized carbons (Fsp3) is 0.267. The fourth-order valence-corrected chi connectivity index (χ4v) is 1.72. The first-order valence-corrected chi connectivity index (χ1v) is 6.67. The van der Waals surface area contributed by atoms with Gasteiger partial charge in [-0.05, 0) is 30.7 Å². The molecule has 7 heteroatoms. The van der Waals surface area contributed by atoms with Crippen LogP contribution in [-0.2, 0) is 11.3 Å². The molecule has 2 rings (SSSR count). The monoisotopic (exact) mass is 301 g/mol. The van der Waals surface area contributed by atoms with Gasteiger partial charge in [-0.15, -0.1) is 0 Å². The summed E-state index contributed by atoms with van der Waals surface area (Å²) in [5.74, 6) is 1.13. The zero-order chi connectivity index (χ0) is 15.8. The molecule has 1 aromatic carbocycles. The van der Waals surface area contributed by atoms with Gasteiger partial charge in [0.15, 0.2) is 12.4 Å². The lowest BCUT2D eigenvalue weighted by molar-refractivity contribution is 0.137. The van der Waals surface area contributed by atoms with Crippen molar-refractivity contribution in [3.8, 4) is 23.1 Å². The van der Waals surface area contributed by atoms with E-state index in [1.807, 2.05) is 24.3 Å². The Labute approximate surface area is 127 Å². The van der Waals surface area contributed by atoms with Crippen molar-refractivity contribution in [2.45, 2.75) is 19.4 Å². The average Bonchev–Trinajstić information content (AvgIpc) is 2.99. The summed E-state index contributed by atoms with van der Waals surface area (Å²) in [6, 6.07) is 11.1. The van der Waals surface area contributed by atoms with Gasteiger partial charge in [0.2, 0.25) is 0 Å². The molecule has 0 saturated heterocycles. The molecule has 22 heavy (non-hydrogen) atoms. The maximum absolute atomic E-state index is 10.5. The van der Waals surface area contributed by atoms with Crippen molar-refractivity contribution >= 4 is 6.09 Å². The molecule has 7 nitrogen and oxygen atoms in total. The highest BCUT2D eigenvalue weighted by molar-refractivity contribution is 5.64. The lowest BCUT2D eigenvalue weighted by Crippen LogP contribution is -2.12. The van der Waals surface area contributed by atoms with Gasteiger partial charge in [0.05, 0.1) is 12.7 Å². The average molecular weight is 301 g/mol. The smallest absolute Gasteiger partial charge is 0.404 e. The number of hydrogen-bond acceptors (Lipinski definition) is 6. The number of carbonyl (C=O) groups is 1. The minimum atomic E-state index is -0.865. The summed E-state index contributed by atoms with van der Waals surface area (Å²) >= 11 is 0. The number of primary amides is 1. The minimum absolute atomic E-state index is 0.0532. The van der Waals surface area contributed by atoms with Gasteiger partial charge in [0.25, 0.3) is 0 Å². The van der Waals surface area contributed by atoms with Crippen molar-refractivity contribution in [3.63, 3.8) is 0 Å². The summed E-state index contributed by atoms with van der Waals surface area (Å²) in [4.78, 5) is 10.5. The number of unbranched alkanes of at least 4 members (excludes halogenated alkanes) is 1. The van der Waals surface area contributed by atoms with Gasteiger partial charge in [-0.1, -0.05) is 5.16 Å². The second-order valence-electron chi connectivity index (χ2n) is 4.42. The van der Waals surface area contributed by atoms with Crippen molar-refractivity contribution in [2.75, 3.05) is 6.61 Å². The van der Waals surface area contributed by atoms with Crippen LogP contribution in [0.2, 0.25) is 0 Å². The highest BCUT2D eigenvalue weighted by atomic mass is 16.6. The van der Waals surface area contributed by atoms with E-state index in [9.17, 15) is 4.79 Å². The van der Waals surface area contributed by atoms with E-state index < -0.39 is 6.09 Å². The zero-order valence-corrected chi connectivity index (χ0v) is 11.8. The third-order valence-electron chi connectivity index (χ3n) is 2.77. The van der Waals surface area contributed by atoms with Crippen molar-refractivity contribution < 1.29 is 18.8 Å². The molecule has 0 saturated carbocycles. The first-order valence-electron chi connectivity index (χ1n) is 6.67. The Bertz CT molecular complexity index is 658. The summed E-state index contributed by atoms with van der Waals surface area (Å²) < 4.78 is 15.2. The Morgan fingerprint density at radius 3 is 2.82 bits per heavy atom. The number of benzene rings is 1. The molecular weight excluding hydrogens is 286 g/mol. The molecule has 0 radical (unpaired) electrons. The Balaban J connectivity index is 1.92. The van der Waals surface area contributed by atoms with E-state index in [1.54, 1.807) is 6.07 Å². The number of nitrogens with zero attached hydrogens (tertiary/aromatic N) is 2. The molecule has 0 spiro atoms. The molecule has 0 aliphatic carbocycles. The Morgan fingerprint density at radius 1 is 1.36 bits per heavy atom. The molecule has 2 N–H and O–H groups in total. The van der Waals surface area contributed by atoms with Crippen LogP contribution in [0.15, 0.2) is 34.9 Å². The molecule has 0 bridgehead atoms. The molecule has 0 atom stereocenters. The van der Waals surface area contributed by atoms with Crippen LogP contribution >= 0.6 is 0 Å². The standard InChI is InChI=1S/C15H15N3O4/c16-7-1-2-8-20-12-5-3-11(4-6-12)14-9-13(22-18-14)10-21-15(17)19/h3-6,9H,1-2,8,10H2,(H2,17,19). The SMILES string of the molecule is N#CCCCOc1ccc(-c2cc(COC(N)=O)on2)cc1. The van der Waals surface area contributed by atoms with E-state index >= 15 is 0 Å². The molecule has 1 heterocycles. The summed E-state index contributed by atoms with van der Waals surface area (Å²) in [7, 11) is 0. The second-order valence-corrected chi connectivity index (χ2v) is 4.42. The molecule has 1 amide bonds. The highest BCUT2D eigenvalue weighted by Gasteiger charge is 2.08.